The van der Waals surface area contributed by atoms with Gasteiger partial charge < -0.3 is 20.3 Å². The molecule has 2 aromatic heterocycles. The van der Waals surface area contributed by atoms with E-state index in [1.54, 1.807) is 24.3 Å². The quantitative estimate of drug-likeness (QED) is 0.599. The van der Waals surface area contributed by atoms with Crippen molar-refractivity contribution >= 4 is 28.6 Å². The second-order valence-corrected chi connectivity index (χ2v) is 6.82. The fourth-order valence-electron chi connectivity index (χ4n) is 3.20. The van der Waals surface area contributed by atoms with Crippen LogP contribution >= 0.6 is 11.6 Å². The molecule has 3 aromatic rings. The average molecular weight is 419 g/mol. The number of hydrogen-bond acceptors (Lipinski definition) is 8. The minimum absolute atomic E-state index is 0.0590. The number of anilines is 1. The minimum Gasteiger partial charge on any atom is -0.387 e. The number of aliphatic hydroxyl groups is 1. The third-order valence-electron chi connectivity index (χ3n) is 4.67. The zero-order valence-corrected chi connectivity index (χ0v) is 15.7. The van der Waals surface area contributed by atoms with E-state index in [1.807, 2.05) is 0 Å². The van der Waals surface area contributed by atoms with E-state index >= 15 is 0 Å². The Kier molecular flexibility index (Phi) is 5.29. The fourth-order valence-corrected chi connectivity index (χ4v) is 3.37. The lowest BCUT2D eigenvalue weighted by Crippen LogP contribution is -2.31. The third kappa shape index (κ3) is 3.61. The van der Waals surface area contributed by atoms with Gasteiger partial charge in [-0.1, -0.05) is 18.2 Å². The average Bonchev–Trinajstić information content (AvgIpc) is 3.24. The van der Waals surface area contributed by atoms with Gasteiger partial charge in [0.25, 0.3) is 0 Å². The van der Waals surface area contributed by atoms with Crippen LogP contribution in [0.25, 0.3) is 11.2 Å². The lowest BCUT2D eigenvalue weighted by atomic mass is 10.1. The van der Waals surface area contributed by atoms with Gasteiger partial charge in [-0.05, 0) is 23.2 Å². The van der Waals surface area contributed by atoms with E-state index in [-0.39, 0.29) is 35.5 Å². The molecule has 1 saturated heterocycles. The number of imidazole rings is 1. The van der Waals surface area contributed by atoms with Crippen LogP contribution in [0.5, 0.6) is 0 Å². The zero-order chi connectivity index (χ0) is 20.5. The molecule has 0 saturated carbocycles. The van der Waals surface area contributed by atoms with Gasteiger partial charge in [0.15, 0.2) is 23.9 Å². The number of benzene rings is 1. The van der Waals surface area contributed by atoms with Crippen LogP contribution in [0, 0.1) is 11.3 Å². The Labute approximate surface area is 169 Å². The summed E-state index contributed by atoms with van der Waals surface area (Å²) >= 11 is 5.83. The summed E-state index contributed by atoms with van der Waals surface area (Å²) in [4.78, 5) is 11.9. The van der Waals surface area contributed by atoms with Crippen molar-refractivity contribution in [1.82, 2.24) is 19.5 Å². The number of alkyl halides is 1. The third-order valence-corrected chi connectivity index (χ3v) is 4.84. The molecule has 150 valence electrons. The molecule has 4 atom stereocenters. The van der Waals surface area contributed by atoms with Crippen molar-refractivity contribution in [2.75, 3.05) is 12.3 Å². The molecule has 1 aliphatic heterocycles. The number of hydrogen-bond donors (Lipinski definition) is 2. The van der Waals surface area contributed by atoms with Crippen LogP contribution in [0.1, 0.15) is 17.4 Å². The Morgan fingerprint density at radius 3 is 2.97 bits per heavy atom. The monoisotopic (exact) mass is 418 g/mol. The van der Waals surface area contributed by atoms with Gasteiger partial charge in [0, 0.05) is 0 Å². The molecule has 1 aromatic carbocycles. The maximum atomic E-state index is 14.8. The van der Waals surface area contributed by atoms with Crippen molar-refractivity contribution in [3.63, 3.8) is 0 Å². The maximum absolute atomic E-state index is 14.8. The number of halogens is 2. The largest absolute Gasteiger partial charge is 0.387 e. The number of aliphatic hydroxyl groups excluding tert-OH is 1. The van der Waals surface area contributed by atoms with Gasteiger partial charge in [-0.25, -0.2) is 9.37 Å². The maximum Gasteiger partial charge on any atom is 0.226 e. The number of aromatic nitrogens is 4. The van der Waals surface area contributed by atoms with Crippen LogP contribution in [0.15, 0.2) is 30.6 Å². The Morgan fingerprint density at radius 2 is 2.17 bits per heavy atom. The Balaban J connectivity index is 1.48. The zero-order valence-electron chi connectivity index (χ0n) is 14.9. The molecule has 0 amide bonds. The van der Waals surface area contributed by atoms with Crippen molar-refractivity contribution in [3.05, 3.63) is 47.0 Å². The number of nitriles is 1. The van der Waals surface area contributed by atoms with Crippen LogP contribution < -0.4 is 5.73 Å². The molecule has 0 unspecified atom stereocenters. The first-order valence-corrected chi connectivity index (χ1v) is 9.06. The number of fused-ring (bicyclic) bond motifs is 1. The minimum atomic E-state index is -1.75. The molecule has 0 spiro atoms. The molecule has 29 heavy (non-hydrogen) atoms. The smallest absolute Gasteiger partial charge is 0.226 e. The second kappa shape index (κ2) is 7.88. The molecule has 3 N–H and O–H groups in total. The van der Waals surface area contributed by atoms with E-state index in [0.29, 0.717) is 11.1 Å². The highest BCUT2D eigenvalue weighted by molar-refractivity contribution is 6.28. The highest BCUT2D eigenvalue weighted by Crippen LogP contribution is 2.34. The Bertz CT molecular complexity index is 1090. The van der Waals surface area contributed by atoms with Crippen LogP contribution in [0.4, 0.5) is 10.2 Å². The highest BCUT2D eigenvalue weighted by atomic mass is 35.5. The van der Waals surface area contributed by atoms with Crippen LogP contribution in [-0.4, -0.2) is 49.6 Å². The van der Waals surface area contributed by atoms with Gasteiger partial charge in [-0.3, -0.25) is 4.57 Å². The van der Waals surface area contributed by atoms with Crippen LogP contribution in [0.2, 0.25) is 5.28 Å². The summed E-state index contributed by atoms with van der Waals surface area (Å²) in [6, 6.07) is 9.06. The summed E-state index contributed by atoms with van der Waals surface area (Å²) in [5.41, 5.74) is 7.40. The lowest BCUT2D eigenvalue weighted by Gasteiger charge is -2.16. The van der Waals surface area contributed by atoms with Crippen molar-refractivity contribution in [2.45, 2.75) is 31.2 Å². The number of nitrogen functional groups attached to an aromatic ring is 1. The number of ether oxygens (including phenoxy) is 2. The molecular weight excluding hydrogens is 403 g/mol. The summed E-state index contributed by atoms with van der Waals surface area (Å²) < 4.78 is 27.3. The van der Waals surface area contributed by atoms with Gasteiger partial charge in [0.05, 0.1) is 31.2 Å². The summed E-state index contributed by atoms with van der Waals surface area (Å²) in [6.45, 7) is 0.0632. The first kappa shape index (κ1) is 19.5. The summed E-state index contributed by atoms with van der Waals surface area (Å²) in [6.07, 6.45) is -3.96. The molecule has 1 fully saturated rings. The first-order valence-electron chi connectivity index (χ1n) is 8.68. The lowest BCUT2D eigenvalue weighted by molar-refractivity contribution is -0.0660. The second-order valence-electron chi connectivity index (χ2n) is 6.49. The molecule has 0 radical (unpaired) electrons. The van der Waals surface area contributed by atoms with Crippen molar-refractivity contribution < 1.29 is 19.0 Å². The standard InChI is InChI=1S/C18H16ClFN6O3/c19-18-24-15(22)13-16(25-18)26(8-23-13)17-12(20)14(27)11(29-17)7-28-6-10-4-2-1-3-9(10)5-21/h1-4,8,11-12,14,17,27H,6-7H2,(H2,22,24,25)/t11-,12+,14-,17-/m1/s1. The molecular formula is C18H16ClFN6O3. The van der Waals surface area contributed by atoms with Crippen molar-refractivity contribution in [1.29, 1.82) is 5.26 Å². The van der Waals surface area contributed by atoms with Crippen LogP contribution in [0.3, 0.4) is 0 Å². The SMILES string of the molecule is N#Cc1ccccc1COC[C@H]1O[C@@H](n2cnc3c(N)nc(Cl)nc32)[C@@H](F)[C@@H]1O. The van der Waals surface area contributed by atoms with Gasteiger partial charge in [-0.15, -0.1) is 0 Å². The van der Waals surface area contributed by atoms with Gasteiger partial charge in [-0.2, -0.15) is 15.2 Å². The topological polar surface area (TPSA) is 132 Å². The predicted octanol–water partition coefficient (Wildman–Crippen LogP) is 1.75. The van der Waals surface area contributed by atoms with E-state index in [0.717, 1.165) is 0 Å². The predicted molar refractivity (Wildman–Crippen MR) is 100 cm³/mol. The summed E-state index contributed by atoms with van der Waals surface area (Å²) in [7, 11) is 0. The van der Waals surface area contributed by atoms with Crippen molar-refractivity contribution in [3.8, 4) is 6.07 Å². The molecule has 3 heterocycles. The van der Waals surface area contributed by atoms with E-state index in [9.17, 15) is 9.50 Å². The molecule has 11 heteroatoms. The molecule has 9 nitrogen and oxygen atoms in total. The Hall–Kier alpha value is -2.84. The first-order chi connectivity index (χ1) is 14.0. The highest BCUT2D eigenvalue weighted by Gasteiger charge is 2.46. The number of nitrogens with two attached hydrogens (primary N) is 1. The van der Waals surface area contributed by atoms with Crippen molar-refractivity contribution in [2.24, 2.45) is 0 Å². The molecule has 1 aliphatic rings. The van der Waals surface area contributed by atoms with E-state index in [2.05, 4.69) is 21.0 Å². The van der Waals surface area contributed by atoms with Gasteiger partial charge in [0.2, 0.25) is 5.28 Å². The molecule has 0 aliphatic carbocycles. The molecule has 0 bridgehead atoms. The van der Waals surface area contributed by atoms with E-state index in [4.69, 9.17) is 32.1 Å². The summed E-state index contributed by atoms with van der Waals surface area (Å²) in [5.74, 6) is 0.0590. The molecule has 4 rings (SSSR count). The number of nitrogens with zero attached hydrogens (tertiary/aromatic N) is 5. The fraction of sp³-hybridized carbons (Fsp3) is 0.333. The number of rotatable bonds is 5. The van der Waals surface area contributed by atoms with E-state index < -0.39 is 24.6 Å². The Morgan fingerprint density at radius 1 is 1.38 bits per heavy atom. The van der Waals surface area contributed by atoms with Gasteiger partial charge >= 0.3 is 0 Å². The van der Waals surface area contributed by atoms with Gasteiger partial charge in [0.1, 0.15) is 17.7 Å². The normalized spacial score (nSPS) is 24.1. The van der Waals surface area contributed by atoms with Crippen LogP contribution in [-0.2, 0) is 16.1 Å². The summed E-state index contributed by atoms with van der Waals surface area (Å²) in [5, 5.41) is 19.3. The van der Waals surface area contributed by atoms with E-state index in [1.165, 1.54) is 10.9 Å².